The van der Waals surface area contributed by atoms with Gasteiger partial charge < -0.3 is 4.57 Å². The van der Waals surface area contributed by atoms with Gasteiger partial charge in [0.05, 0.1) is 12.1 Å². The number of rotatable bonds is 4. The van der Waals surface area contributed by atoms with E-state index in [-0.39, 0.29) is 17.8 Å². The molecule has 0 amide bonds. The predicted octanol–water partition coefficient (Wildman–Crippen LogP) is 3.95. The Balaban J connectivity index is 1.91. The van der Waals surface area contributed by atoms with Gasteiger partial charge in [-0.25, -0.2) is 4.98 Å². The first-order valence-corrected chi connectivity index (χ1v) is 8.37. The topological polar surface area (TPSA) is 52.0 Å². The maximum Gasteiger partial charge on any atom is 0.206 e. The Labute approximate surface area is 150 Å². The highest BCUT2D eigenvalue weighted by molar-refractivity contribution is 5.97. The first-order valence-electron chi connectivity index (χ1n) is 8.37. The van der Waals surface area contributed by atoms with Crippen molar-refractivity contribution in [3.63, 3.8) is 0 Å². The van der Waals surface area contributed by atoms with E-state index in [0.29, 0.717) is 22.4 Å². The zero-order valence-corrected chi connectivity index (χ0v) is 14.0. The molecule has 4 rings (SSSR count). The van der Waals surface area contributed by atoms with Crippen molar-refractivity contribution < 1.29 is 4.79 Å². The molecule has 1 aromatic heterocycles. The van der Waals surface area contributed by atoms with E-state index < -0.39 is 0 Å². The number of nitrogens with zero attached hydrogens (tertiary/aromatic N) is 2. The van der Waals surface area contributed by atoms with Crippen molar-refractivity contribution in [3.8, 4) is 11.4 Å². The third kappa shape index (κ3) is 2.93. The van der Waals surface area contributed by atoms with Crippen LogP contribution in [-0.2, 0) is 6.54 Å². The first kappa shape index (κ1) is 16.0. The lowest BCUT2D eigenvalue weighted by Crippen LogP contribution is -2.11. The summed E-state index contributed by atoms with van der Waals surface area (Å²) in [6, 6.07) is 25.6. The fraction of sp³-hybridized carbons (Fsp3) is 0.0455. The van der Waals surface area contributed by atoms with E-state index in [1.165, 1.54) is 6.07 Å². The second-order valence-electron chi connectivity index (χ2n) is 5.99. The summed E-state index contributed by atoms with van der Waals surface area (Å²) in [5.41, 5.74) is 2.37. The SMILES string of the molecule is O=C(Cn1c(-c2ccccc2)nc2c(=O)ccccc21)c1ccccc1. The van der Waals surface area contributed by atoms with Crippen LogP contribution in [0.4, 0.5) is 0 Å². The van der Waals surface area contributed by atoms with Crippen LogP contribution in [0.1, 0.15) is 10.4 Å². The van der Waals surface area contributed by atoms with E-state index in [9.17, 15) is 9.59 Å². The summed E-state index contributed by atoms with van der Waals surface area (Å²) < 4.78 is 1.82. The second kappa shape index (κ2) is 6.76. The van der Waals surface area contributed by atoms with Crippen LogP contribution >= 0.6 is 0 Å². The van der Waals surface area contributed by atoms with Gasteiger partial charge in [-0.3, -0.25) is 9.59 Å². The quantitative estimate of drug-likeness (QED) is 0.529. The van der Waals surface area contributed by atoms with Gasteiger partial charge in [0.2, 0.25) is 5.43 Å². The van der Waals surface area contributed by atoms with Crippen LogP contribution in [0.3, 0.4) is 0 Å². The Morgan fingerprint density at radius 1 is 0.808 bits per heavy atom. The predicted molar refractivity (Wildman–Crippen MR) is 102 cm³/mol. The van der Waals surface area contributed by atoms with Crippen molar-refractivity contribution >= 4 is 16.8 Å². The maximum atomic E-state index is 12.8. The van der Waals surface area contributed by atoms with Gasteiger partial charge in [-0.2, -0.15) is 0 Å². The summed E-state index contributed by atoms with van der Waals surface area (Å²) in [7, 11) is 0. The molecule has 0 saturated heterocycles. The molecule has 0 fully saturated rings. The molecule has 126 valence electrons. The van der Waals surface area contributed by atoms with Crippen LogP contribution in [0.25, 0.3) is 22.4 Å². The number of benzene rings is 2. The van der Waals surface area contributed by atoms with E-state index in [0.717, 1.165) is 5.56 Å². The van der Waals surface area contributed by atoms with Crippen LogP contribution in [0.2, 0.25) is 0 Å². The summed E-state index contributed by atoms with van der Waals surface area (Å²) >= 11 is 0. The summed E-state index contributed by atoms with van der Waals surface area (Å²) in [5, 5.41) is 0. The third-order valence-electron chi connectivity index (χ3n) is 4.28. The number of hydrogen-bond donors (Lipinski definition) is 0. The van der Waals surface area contributed by atoms with Crippen LogP contribution in [0.5, 0.6) is 0 Å². The molecule has 0 radical (unpaired) electrons. The summed E-state index contributed by atoms with van der Waals surface area (Å²) in [6.07, 6.45) is 0. The lowest BCUT2D eigenvalue weighted by Gasteiger charge is -2.08. The molecule has 1 heterocycles. The van der Waals surface area contributed by atoms with Crippen molar-refractivity contribution in [2.75, 3.05) is 0 Å². The number of aromatic nitrogens is 2. The molecule has 4 heteroatoms. The Morgan fingerprint density at radius 3 is 2.15 bits per heavy atom. The monoisotopic (exact) mass is 340 g/mol. The van der Waals surface area contributed by atoms with Crippen molar-refractivity contribution in [2.45, 2.75) is 6.54 Å². The molecule has 4 nitrogen and oxygen atoms in total. The van der Waals surface area contributed by atoms with Gasteiger partial charge in [-0.05, 0) is 12.1 Å². The lowest BCUT2D eigenvalue weighted by molar-refractivity contribution is 0.0974. The van der Waals surface area contributed by atoms with Crippen LogP contribution in [0.15, 0.2) is 89.7 Å². The second-order valence-corrected chi connectivity index (χ2v) is 5.99. The summed E-state index contributed by atoms with van der Waals surface area (Å²) in [5.74, 6) is 0.592. The molecule has 0 N–H and O–H groups in total. The van der Waals surface area contributed by atoms with E-state index >= 15 is 0 Å². The van der Waals surface area contributed by atoms with Crippen molar-refractivity contribution in [1.82, 2.24) is 9.55 Å². The van der Waals surface area contributed by atoms with Gasteiger partial charge in [-0.15, -0.1) is 0 Å². The third-order valence-corrected chi connectivity index (χ3v) is 4.28. The van der Waals surface area contributed by atoms with E-state index in [1.807, 2.05) is 59.2 Å². The Hall–Kier alpha value is -3.53. The lowest BCUT2D eigenvalue weighted by atomic mass is 10.1. The molecule has 4 aromatic rings. The van der Waals surface area contributed by atoms with Crippen molar-refractivity contribution in [3.05, 3.63) is 101 Å². The average Bonchev–Trinajstić information content (AvgIpc) is 2.94. The minimum Gasteiger partial charge on any atom is -0.316 e. The highest BCUT2D eigenvalue weighted by atomic mass is 16.1. The highest BCUT2D eigenvalue weighted by Gasteiger charge is 2.17. The average molecular weight is 340 g/mol. The summed E-state index contributed by atoms with van der Waals surface area (Å²) in [4.78, 5) is 29.7. The molecule has 0 aliphatic heterocycles. The highest BCUT2D eigenvalue weighted by Crippen LogP contribution is 2.23. The van der Waals surface area contributed by atoms with Gasteiger partial charge in [0.1, 0.15) is 11.3 Å². The normalized spacial score (nSPS) is 10.8. The first-order chi connectivity index (χ1) is 12.7. The molecule has 26 heavy (non-hydrogen) atoms. The molecule has 0 bridgehead atoms. The van der Waals surface area contributed by atoms with Crippen molar-refractivity contribution in [1.29, 1.82) is 0 Å². The fourth-order valence-electron chi connectivity index (χ4n) is 3.01. The zero-order valence-electron chi connectivity index (χ0n) is 14.0. The Bertz CT molecular complexity index is 1130. The number of carbonyl (C=O) groups is 1. The van der Waals surface area contributed by atoms with Crippen LogP contribution in [0, 0.1) is 0 Å². The number of imidazole rings is 1. The largest absolute Gasteiger partial charge is 0.316 e. The van der Waals surface area contributed by atoms with Crippen LogP contribution in [-0.4, -0.2) is 15.3 Å². The van der Waals surface area contributed by atoms with E-state index in [1.54, 1.807) is 24.3 Å². The number of hydrogen-bond acceptors (Lipinski definition) is 3. The van der Waals surface area contributed by atoms with Gasteiger partial charge in [-0.1, -0.05) is 72.8 Å². The van der Waals surface area contributed by atoms with Gasteiger partial charge in [0.25, 0.3) is 0 Å². The molecular weight excluding hydrogens is 324 g/mol. The zero-order chi connectivity index (χ0) is 17.9. The number of ketones is 1. The van der Waals surface area contributed by atoms with E-state index in [2.05, 4.69) is 4.98 Å². The Morgan fingerprint density at radius 2 is 1.42 bits per heavy atom. The number of fused-ring (bicyclic) bond motifs is 1. The van der Waals surface area contributed by atoms with Crippen molar-refractivity contribution in [2.24, 2.45) is 0 Å². The van der Waals surface area contributed by atoms with Crippen LogP contribution < -0.4 is 5.43 Å². The summed E-state index contributed by atoms with van der Waals surface area (Å²) in [6.45, 7) is 0.119. The standard InChI is InChI=1S/C22H16N2O2/c25-19-14-8-7-13-18-21(19)23-22(17-11-5-2-6-12-17)24(18)15-20(26)16-9-3-1-4-10-16/h1-14H,15H2. The molecule has 0 spiro atoms. The molecule has 3 aromatic carbocycles. The molecule has 0 saturated carbocycles. The number of carbonyl (C=O) groups excluding carboxylic acids is 1. The Kier molecular flexibility index (Phi) is 4.15. The smallest absolute Gasteiger partial charge is 0.206 e. The molecule has 0 aliphatic carbocycles. The number of Topliss-reactive ketones (excluding diaryl/α,β-unsaturated/α-hetero) is 1. The van der Waals surface area contributed by atoms with Gasteiger partial charge in [0.15, 0.2) is 5.78 Å². The minimum atomic E-state index is -0.159. The fourth-order valence-corrected chi connectivity index (χ4v) is 3.01. The van der Waals surface area contributed by atoms with E-state index in [4.69, 9.17) is 0 Å². The van der Waals surface area contributed by atoms with Gasteiger partial charge in [0, 0.05) is 11.1 Å². The maximum absolute atomic E-state index is 12.8. The minimum absolute atomic E-state index is 0.0268. The molecule has 0 atom stereocenters. The molecule has 0 unspecified atom stereocenters. The molecular formula is C22H16N2O2. The van der Waals surface area contributed by atoms with Gasteiger partial charge >= 0.3 is 0 Å². The molecule has 0 aliphatic rings.